The molecule has 7 heteroatoms. The number of rotatable bonds is 4. The van der Waals surface area contributed by atoms with Gasteiger partial charge < -0.3 is 19.3 Å². The molecular formula is C25H24N4O3. The summed E-state index contributed by atoms with van der Waals surface area (Å²) in [5, 5.41) is 11.3. The maximum Gasteiger partial charge on any atom is 0.409 e. The van der Waals surface area contributed by atoms with E-state index in [1.165, 1.54) is 5.69 Å². The second kappa shape index (κ2) is 8.36. The lowest BCUT2D eigenvalue weighted by molar-refractivity contribution is 0.210. The van der Waals surface area contributed by atoms with Gasteiger partial charge in [-0.3, -0.25) is 10.3 Å². The number of amides is 1. The number of carboxylic acid groups (broad SMARTS) is 1. The summed E-state index contributed by atoms with van der Waals surface area (Å²) in [7, 11) is 2.16. The normalized spacial score (nSPS) is 14.6. The minimum Gasteiger partial charge on any atom is -0.465 e. The van der Waals surface area contributed by atoms with Gasteiger partial charge in [-0.05, 0) is 48.5 Å². The van der Waals surface area contributed by atoms with Crippen molar-refractivity contribution < 1.29 is 14.3 Å². The minimum atomic E-state index is -1.10. The Morgan fingerprint density at radius 1 is 1.00 bits per heavy atom. The van der Waals surface area contributed by atoms with Crippen molar-refractivity contribution in [3.05, 3.63) is 67.1 Å². The van der Waals surface area contributed by atoms with Crippen LogP contribution < -0.4 is 10.2 Å². The van der Waals surface area contributed by atoms with E-state index >= 15 is 0 Å². The van der Waals surface area contributed by atoms with Gasteiger partial charge in [0.1, 0.15) is 11.8 Å². The van der Waals surface area contributed by atoms with Crippen molar-refractivity contribution in [2.24, 2.45) is 0 Å². The fraction of sp³-hybridized carbons (Fsp3) is 0.200. The number of piperazine rings is 1. The highest BCUT2D eigenvalue weighted by Crippen LogP contribution is 2.33. The second-order valence-corrected chi connectivity index (χ2v) is 8.07. The number of fused-ring (bicyclic) bond motifs is 1. The number of nitrogens with one attached hydrogen (secondary N) is 1. The highest BCUT2D eigenvalue weighted by molar-refractivity contribution is 5.94. The zero-order valence-electron chi connectivity index (χ0n) is 17.8. The summed E-state index contributed by atoms with van der Waals surface area (Å²) in [4.78, 5) is 20.4. The number of carbonyl (C=O) groups is 1. The first-order valence-electron chi connectivity index (χ1n) is 10.6. The molecule has 1 saturated heterocycles. The number of benzene rings is 2. The van der Waals surface area contributed by atoms with Crippen LogP contribution in [-0.2, 0) is 0 Å². The smallest absolute Gasteiger partial charge is 0.409 e. The van der Waals surface area contributed by atoms with Gasteiger partial charge in [0.2, 0.25) is 0 Å². The van der Waals surface area contributed by atoms with Gasteiger partial charge in [0.25, 0.3) is 0 Å². The van der Waals surface area contributed by atoms with Gasteiger partial charge in [-0.2, -0.15) is 0 Å². The molecule has 1 fully saturated rings. The predicted octanol–water partition coefficient (Wildman–Crippen LogP) is 5.00. The minimum absolute atomic E-state index is 0.501. The number of nitrogens with zero attached hydrogens (tertiary/aromatic N) is 3. The Kier molecular flexibility index (Phi) is 5.25. The number of likely N-dealkylation sites (N-methyl/N-ethyl adjacent to an activating group) is 1. The van der Waals surface area contributed by atoms with Crippen LogP contribution in [0.25, 0.3) is 33.4 Å². The molecule has 2 aromatic carbocycles. The predicted molar refractivity (Wildman–Crippen MR) is 126 cm³/mol. The van der Waals surface area contributed by atoms with E-state index in [2.05, 4.69) is 51.4 Å². The van der Waals surface area contributed by atoms with Gasteiger partial charge in [0, 0.05) is 54.9 Å². The Bertz CT molecular complexity index is 1260. The second-order valence-electron chi connectivity index (χ2n) is 8.07. The van der Waals surface area contributed by atoms with Gasteiger partial charge >= 0.3 is 6.09 Å². The molecule has 0 unspecified atom stereocenters. The average Bonchev–Trinajstić information content (AvgIpc) is 3.23. The van der Waals surface area contributed by atoms with Crippen molar-refractivity contribution in [1.82, 2.24) is 9.88 Å². The average molecular weight is 428 g/mol. The molecule has 7 nitrogen and oxygen atoms in total. The van der Waals surface area contributed by atoms with Crippen LogP contribution in [0.2, 0.25) is 0 Å². The van der Waals surface area contributed by atoms with Crippen LogP contribution >= 0.6 is 0 Å². The van der Waals surface area contributed by atoms with Crippen LogP contribution in [-0.4, -0.2) is 54.3 Å². The molecule has 162 valence electrons. The van der Waals surface area contributed by atoms with Gasteiger partial charge in [0.15, 0.2) is 5.58 Å². The molecule has 0 aliphatic carbocycles. The zero-order chi connectivity index (χ0) is 22.1. The summed E-state index contributed by atoms with van der Waals surface area (Å²) in [6, 6.07) is 17.8. The number of aromatic nitrogens is 1. The van der Waals surface area contributed by atoms with Crippen molar-refractivity contribution in [3.8, 4) is 22.3 Å². The number of hydrogen-bond donors (Lipinski definition) is 2. The Hall–Kier alpha value is -3.84. The lowest BCUT2D eigenvalue weighted by atomic mass is 10.0. The molecule has 1 amide bonds. The van der Waals surface area contributed by atoms with Crippen molar-refractivity contribution in [1.29, 1.82) is 0 Å². The lowest BCUT2D eigenvalue weighted by Gasteiger charge is -2.34. The topological polar surface area (TPSA) is 81.8 Å². The molecule has 4 aromatic rings. The molecule has 1 aliphatic heterocycles. The fourth-order valence-corrected chi connectivity index (χ4v) is 4.09. The van der Waals surface area contributed by atoms with Crippen LogP contribution in [0.15, 0.2) is 71.5 Å². The molecule has 2 aromatic heterocycles. The molecule has 5 rings (SSSR count). The third-order valence-electron chi connectivity index (χ3n) is 5.91. The maximum atomic E-state index is 10.9. The van der Waals surface area contributed by atoms with E-state index in [0.29, 0.717) is 11.3 Å². The van der Waals surface area contributed by atoms with Gasteiger partial charge in [-0.15, -0.1) is 0 Å². The third kappa shape index (κ3) is 4.02. The first kappa shape index (κ1) is 20.1. The van der Waals surface area contributed by atoms with Gasteiger partial charge in [-0.1, -0.05) is 24.3 Å². The summed E-state index contributed by atoms with van der Waals surface area (Å²) < 4.78 is 5.80. The van der Waals surface area contributed by atoms with E-state index in [1.54, 1.807) is 24.5 Å². The summed E-state index contributed by atoms with van der Waals surface area (Å²) >= 11 is 0. The van der Waals surface area contributed by atoms with Gasteiger partial charge in [-0.25, -0.2) is 4.79 Å². The summed E-state index contributed by atoms with van der Waals surface area (Å²) in [5.41, 5.74) is 6.92. The monoisotopic (exact) mass is 428 g/mol. The molecule has 0 spiro atoms. The largest absolute Gasteiger partial charge is 0.465 e. The number of pyridine rings is 1. The molecule has 1 aliphatic rings. The van der Waals surface area contributed by atoms with Crippen LogP contribution in [0.4, 0.5) is 16.2 Å². The first-order chi connectivity index (χ1) is 15.6. The molecule has 0 atom stereocenters. The maximum absolute atomic E-state index is 10.9. The summed E-state index contributed by atoms with van der Waals surface area (Å²) in [6.07, 6.45) is 2.42. The zero-order valence-corrected chi connectivity index (χ0v) is 17.8. The molecule has 3 heterocycles. The molecule has 0 bridgehead atoms. The molecule has 2 N–H and O–H groups in total. The van der Waals surface area contributed by atoms with E-state index in [4.69, 9.17) is 9.52 Å². The van der Waals surface area contributed by atoms with Crippen LogP contribution in [0.1, 0.15) is 0 Å². The highest BCUT2D eigenvalue weighted by Gasteiger charge is 2.15. The van der Waals surface area contributed by atoms with E-state index in [1.807, 2.05) is 18.3 Å². The van der Waals surface area contributed by atoms with Crippen molar-refractivity contribution in [2.75, 3.05) is 43.4 Å². The van der Waals surface area contributed by atoms with E-state index in [0.717, 1.165) is 53.9 Å². The third-order valence-corrected chi connectivity index (χ3v) is 5.91. The Balaban J connectivity index is 1.40. The Morgan fingerprint density at radius 2 is 1.78 bits per heavy atom. The van der Waals surface area contributed by atoms with Crippen LogP contribution in [0, 0.1) is 0 Å². The summed E-state index contributed by atoms with van der Waals surface area (Å²) in [5.74, 6) is 0. The Labute approximate surface area is 185 Å². The summed E-state index contributed by atoms with van der Waals surface area (Å²) in [6.45, 7) is 4.25. The Morgan fingerprint density at radius 3 is 2.53 bits per heavy atom. The number of furan rings is 1. The molecule has 0 radical (unpaired) electrons. The van der Waals surface area contributed by atoms with Crippen LogP contribution in [0.3, 0.4) is 0 Å². The fourth-order valence-electron chi connectivity index (χ4n) is 4.09. The van der Waals surface area contributed by atoms with Crippen molar-refractivity contribution in [3.63, 3.8) is 0 Å². The lowest BCUT2D eigenvalue weighted by Crippen LogP contribution is -2.44. The van der Waals surface area contributed by atoms with E-state index in [-0.39, 0.29) is 0 Å². The first-order valence-corrected chi connectivity index (χ1v) is 10.6. The molecule has 0 saturated carbocycles. The number of anilines is 2. The van der Waals surface area contributed by atoms with Crippen molar-refractivity contribution in [2.45, 2.75) is 0 Å². The quantitative estimate of drug-likeness (QED) is 0.476. The SMILES string of the molecule is CN1CCN(c2ccc(-c3cnc4c(-c5cccc(NC(=O)O)c5)coc4c3)cc2)CC1. The van der Waals surface area contributed by atoms with Gasteiger partial charge in [0.05, 0.1) is 0 Å². The highest BCUT2D eigenvalue weighted by atomic mass is 16.4. The van der Waals surface area contributed by atoms with Crippen molar-refractivity contribution >= 4 is 28.6 Å². The van der Waals surface area contributed by atoms with E-state index in [9.17, 15) is 4.79 Å². The van der Waals surface area contributed by atoms with E-state index < -0.39 is 6.09 Å². The molecular weight excluding hydrogens is 404 g/mol. The number of hydrogen-bond acceptors (Lipinski definition) is 5. The molecule has 32 heavy (non-hydrogen) atoms. The van der Waals surface area contributed by atoms with Crippen LogP contribution in [0.5, 0.6) is 0 Å². The standard InChI is InChI=1S/C25H24N4O3/c1-28-9-11-29(12-10-28)21-7-5-17(6-8-21)19-14-23-24(26-15-19)22(16-32-23)18-3-2-4-20(13-18)27-25(30)31/h2-8,13-16,27H,9-12H2,1H3,(H,30,31).